The molecule has 0 aromatic heterocycles. The Bertz CT molecular complexity index is 548. The lowest BCUT2D eigenvalue weighted by Gasteiger charge is -2.33. The smallest absolute Gasteiger partial charge is 0.0870 e. The van der Waals surface area contributed by atoms with Gasteiger partial charge in [0.1, 0.15) is 0 Å². The number of aliphatic hydroxyl groups excluding tert-OH is 1. The summed E-state index contributed by atoms with van der Waals surface area (Å²) < 4.78 is 0. The number of hydrogen-bond acceptors (Lipinski definition) is 2. The number of likely N-dealkylation sites (tertiary alicyclic amines) is 1. The van der Waals surface area contributed by atoms with Gasteiger partial charge < -0.3 is 10.0 Å². The molecule has 2 atom stereocenters. The first kappa shape index (κ1) is 15.3. The van der Waals surface area contributed by atoms with Gasteiger partial charge in [0.15, 0.2) is 0 Å². The summed E-state index contributed by atoms with van der Waals surface area (Å²) in [4.78, 5) is 2.51. The third-order valence-corrected chi connectivity index (χ3v) is 4.65. The normalized spacial score (nSPS) is 18.8. The molecule has 1 fully saturated rings. The molecule has 2 heteroatoms. The molecule has 1 aliphatic heterocycles. The Hall–Kier alpha value is -1.64. The van der Waals surface area contributed by atoms with E-state index >= 15 is 0 Å². The van der Waals surface area contributed by atoms with Crippen LogP contribution >= 0.6 is 0 Å². The first-order valence-corrected chi connectivity index (χ1v) is 8.35. The molecule has 3 rings (SSSR count). The van der Waals surface area contributed by atoms with E-state index in [2.05, 4.69) is 29.2 Å². The largest absolute Gasteiger partial charge is 0.388 e. The number of hydrogen-bond donors (Lipinski definition) is 1. The Morgan fingerprint density at radius 2 is 1.32 bits per heavy atom. The van der Waals surface area contributed by atoms with Crippen LogP contribution in [0.1, 0.15) is 42.4 Å². The van der Waals surface area contributed by atoms with Crippen molar-refractivity contribution in [3.05, 3.63) is 71.8 Å². The number of piperidine rings is 1. The number of rotatable bonds is 5. The zero-order chi connectivity index (χ0) is 15.2. The lowest BCUT2D eigenvalue weighted by Crippen LogP contribution is -2.35. The Balaban J connectivity index is 1.82. The molecule has 2 nitrogen and oxygen atoms in total. The predicted molar refractivity (Wildman–Crippen MR) is 90.9 cm³/mol. The molecule has 1 aliphatic rings. The Labute approximate surface area is 133 Å². The van der Waals surface area contributed by atoms with Gasteiger partial charge in [0.05, 0.1) is 6.10 Å². The van der Waals surface area contributed by atoms with Crippen LogP contribution in [0.15, 0.2) is 60.7 Å². The number of benzene rings is 2. The van der Waals surface area contributed by atoms with Crippen molar-refractivity contribution in [1.29, 1.82) is 0 Å². The van der Waals surface area contributed by atoms with Crippen molar-refractivity contribution in [2.75, 3.05) is 19.6 Å². The summed E-state index contributed by atoms with van der Waals surface area (Å²) >= 11 is 0. The Kier molecular flexibility index (Phi) is 5.25. The molecule has 2 aromatic carbocycles. The maximum Gasteiger partial charge on any atom is 0.0870 e. The van der Waals surface area contributed by atoms with Crippen molar-refractivity contribution in [3.8, 4) is 0 Å². The predicted octanol–water partition coefficient (Wildman–Crippen LogP) is 3.99. The summed E-state index contributed by atoms with van der Waals surface area (Å²) in [5, 5.41) is 10.9. The molecule has 0 saturated carbocycles. The fourth-order valence-electron chi connectivity index (χ4n) is 3.39. The number of aliphatic hydroxyl groups is 1. The van der Waals surface area contributed by atoms with E-state index in [1.807, 2.05) is 36.4 Å². The van der Waals surface area contributed by atoms with Gasteiger partial charge >= 0.3 is 0 Å². The van der Waals surface area contributed by atoms with Crippen molar-refractivity contribution in [1.82, 2.24) is 4.90 Å². The van der Waals surface area contributed by atoms with E-state index < -0.39 is 6.10 Å². The zero-order valence-electron chi connectivity index (χ0n) is 13.1. The van der Waals surface area contributed by atoms with Crippen molar-refractivity contribution < 1.29 is 5.11 Å². The lowest BCUT2D eigenvalue weighted by atomic mass is 9.88. The summed E-state index contributed by atoms with van der Waals surface area (Å²) in [7, 11) is 0. The molecule has 1 heterocycles. The third-order valence-electron chi connectivity index (χ3n) is 4.65. The van der Waals surface area contributed by atoms with Gasteiger partial charge in [0, 0.05) is 12.5 Å². The van der Waals surface area contributed by atoms with E-state index in [1.165, 1.54) is 24.8 Å². The molecular weight excluding hydrogens is 270 g/mol. The average Bonchev–Trinajstić information content (AvgIpc) is 2.61. The molecular formula is C20H25NO. The standard InChI is InChI=1S/C20H25NO/c22-20(18-12-6-2-7-13-18)19(17-10-4-1-5-11-17)16-21-14-8-3-9-15-21/h1-2,4-7,10-13,19-20,22H,3,8-9,14-16H2/t19-,20+/m0/s1. The van der Waals surface area contributed by atoms with Crippen LogP contribution in [0, 0.1) is 0 Å². The molecule has 0 bridgehead atoms. The molecule has 0 amide bonds. The van der Waals surface area contributed by atoms with Crippen molar-refractivity contribution in [2.45, 2.75) is 31.3 Å². The fourth-order valence-corrected chi connectivity index (χ4v) is 3.39. The van der Waals surface area contributed by atoms with Crippen LogP contribution in [-0.4, -0.2) is 29.6 Å². The lowest BCUT2D eigenvalue weighted by molar-refractivity contribution is 0.109. The van der Waals surface area contributed by atoms with E-state index in [9.17, 15) is 5.11 Å². The van der Waals surface area contributed by atoms with Gasteiger partial charge in [-0.3, -0.25) is 0 Å². The highest BCUT2D eigenvalue weighted by Crippen LogP contribution is 2.32. The minimum absolute atomic E-state index is 0.127. The van der Waals surface area contributed by atoms with E-state index in [0.29, 0.717) is 0 Å². The van der Waals surface area contributed by atoms with E-state index in [1.54, 1.807) is 0 Å². The number of nitrogens with zero attached hydrogens (tertiary/aromatic N) is 1. The van der Waals surface area contributed by atoms with Gasteiger partial charge in [0.25, 0.3) is 0 Å². The summed E-state index contributed by atoms with van der Waals surface area (Å²) in [6.45, 7) is 3.25. The highest BCUT2D eigenvalue weighted by Gasteiger charge is 2.25. The van der Waals surface area contributed by atoms with Gasteiger partial charge in [-0.25, -0.2) is 0 Å². The van der Waals surface area contributed by atoms with Crippen LogP contribution in [0.5, 0.6) is 0 Å². The molecule has 1 N–H and O–H groups in total. The Morgan fingerprint density at radius 1 is 0.773 bits per heavy atom. The minimum Gasteiger partial charge on any atom is -0.388 e. The maximum absolute atomic E-state index is 10.9. The molecule has 1 saturated heterocycles. The SMILES string of the molecule is O[C@H](c1ccccc1)[C@@H](CN1CCCCC1)c1ccccc1. The monoisotopic (exact) mass is 295 g/mol. The van der Waals surface area contributed by atoms with E-state index in [0.717, 1.165) is 25.2 Å². The molecule has 0 spiro atoms. The molecule has 0 radical (unpaired) electrons. The van der Waals surface area contributed by atoms with Crippen LogP contribution in [0.2, 0.25) is 0 Å². The average molecular weight is 295 g/mol. The van der Waals surface area contributed by atoms with Gasteiger partial charge in [-0.15, -0.1) is 0 Å². The second-order valence-electron chi connectivity index (χ2n) is 6.23. The molecule has 116 valence electrons. The second-order valence-corrected chi connectivity index (χ2v) is 6.23. The summed E-state index contributed by atoms with van der Waals surface area (Å²) in [6, 6.07) is 20.5. The van der Waals surface area contributed by atoms with Crippen molar-refractivity contribution >= 4 is 0 Å². The van der Waals surface area contributed by atoms with Crippen LogP contribution in [-0.2, 0) is 0 Å². The van der Waals surface area contributed by atoms with Gasteiger partial charge in [0.2, 0.25) is 0 Å². The third kappa shape index (κ3) is 3.76. The highest BCUT2D eigenvalue weighted by molar-refractivity contribution is 5.27. The molecule has 2 aromatic rings. The Morgan fingerprint density at radius 3 is 1.91 bits per heavy atom. The fraction of sp³-hybridized carbons (Fsp3) is 0.400. The van der Waals surface area contributed by atoms with Gasteiger partial charge in [-0.1, -0.05) is 67.1 Å². The molecule has 0 unspecified atom stereocenters. The first-order chi connectivity index (χ1) is 10.8. The van der Waals surface area contributed by atoms with Gasteiger partial charge in [-0.2, -0.15) is 0 Å². The van der Waals surface area contributed by atoms with E-state index in [-0.39, 0.29) is 5.92 Å². The summed E-state index contributed by atoms with van der Waals surface area (Å²) in [5.41, 5.74) is 2.23. The van der Waals surface area contributed by atoms with E-state index in [4.69, 9.17) is 0 Å². The first-order valence-electron chi connectivity index (χ1n) is 8.35. The van der Waals surface area contributed by atoms with Crippen LogP contribution in [0.3, 0.4) is 0 Å². The van der Waals surface area contributed by atoms with Crippen LogP contribution < -0.4 is 0 Å². The maximum atomic E-state index is 10.9. The minimum atomic E-state index is -0.453. The van der Waals surface area contributed by atoms with Crippen molar-refractivity contribution in [3.63, 3.8) is 0 Å². The van der Waals surface area contributed by atoms with Gasteiger partial charge in [-0.05, 0) is 37.1 Å². The summed E-state index contributed by atoms with van der Waals surface area (Å²) in [6.07, 6.45) is 3.45. The second kappa shape index (κ2) is 7.57. The van der Waals surface area contributed by atoms with Crippen LogP contribution in [0.25, 0.3) is 0 Å². The molecule has 22 heavy (non-hydrogen) atoms. The van der Waals surface area contributed by atoms with Crippen molar-refractivity contribution in [2.24, 2.45) is 0 Å². The zero-order valence-corrected chi connectivity index (χ0v) is 13.1. The molecule has 0 aliphatic carbocycles. The topological polar surface area (TPSA) is 23.5 Å². The van der Waals surface area contributed by atoms with Crippen LogP contribution in [0.4, 0.5) is 0 Å². The summed E-state index contributed by atoms with van der Waals surface area (Å²) in [5.74, 6) is 0.127. The highest BCUT2D eigenvalue weighted by atomic mass is 16.3. The quantitative estimate of drug-likeness (QED) is 0.901.